The highest BCUT2D eigenvalue weighted by molar-refractivity contribution is 7.98. The van der Waals surface area contributed by atoms with Crippen molar-refractivity contribution in [3.63, 3.8) is 0 Å². The third kappa shape index (κ3) is 3.83. The Morgan fingerprint density at radius 2 is 1.79 bits per heavy atom. The van der Waals surface area contributed by atoms with Gasteiger partial charge in [-0.2, -0.15) is 0 Å². The Labute approximate surface area is 141 Å². The highest BCUT2D eigenvalue weighted by Crippen LogP contribution is 2.22. The summed E-state index contributed by atoms with van der Waals surface area (Å²) >= 11 is 1.28. The number of halogens is 2. The van der Waals surface area contributed by atoms with Crippen molar-refractivity contribution in [1.29, 1.82) is 0 Å². The van der Waals surface area contributed by atoms with Crippen LogP contribution >= 0.6 is 11.8 Å². The number of thioether (sulfide) groups is 1. The van der Waals surface area contributed by atoms with E-state index in [-0.39, 0.29) is 18.2 Å². The second-order valence-electron chi connectivity index (χ2n) is 4.89. The van der Waals surface area contributed by atoms with Crippen molar-refractivity contribution in [2.45, 2.75) is 17.5 Å². The monoisotopic (exact) mass is 348 g/mol. The van der Waals surface area contributed by atoms with Gasteiger partial charge in [0.2, 0.25) is 5.16 Å². The van der Waals surface area contributed by atoms with Gasteiger partial charge in [-0.05, 0) is 35.9 Å². The number of nitrogen functional groups attached to an aromatic ring is 1. The molecule has 0 saturated carbocycles. The lowest BCUT2D eigenvalue weighted by Crippen LogP contribution is -2.15. The van der Waals surface area contributed by atoms with Crippen LogP contribution in [-0.4, -0.2) is 14.9 Å². The van der Waals surface area contributed by atoms with E-state index in [0.717, 1.165) is 0 Å². The second kappa shape index (κ2) is 7.31. The van der Waals surface area contributed by atoms with Crippen LogP contribution < -0.4 is 10.6 Å². The van der Waals surface area contributed by atoms with Crippen LogP contribution in [0.4, 0.5) is 8.78 Å². The van der Waals surface area contributed by atoms with Crippen molar-refractivity contribution in [2.24, 2.45) is 0 Å². The van der Waals surface area contributed by atoms with E-state index in [0.29, 0.717) is 28.0 Å². The summed E-state index contributed by atoms with van der Waals surface area (Å²) in [6.07, 6.45) is 0. The zero-order valence-electron chi connectivity index (χ0n) is 12.5. The van der Waals surface area contributed by atoms with Gasteiger partial charge in [0, 0.05) is 5.75 Å². The first kappa shape index (κ1) is 16.3. The van der Waals surface area contributed by atoms with E-state index >= 15 is 0 Å². The smallest absolute Gasteiger partial charge is 0.210 e. The summed E-state index contributed by atoms with van der Waals surface area (Å²) in [7, 11) is 0. The van der Waals surface area contributed by atoms with Crippen LogP contribution in [0.25, 0.3) is 0 Å². The summed E-state index contributed by atoms with van der Waals surface area (Å²) < 4.78 is 33.2. The van der Waals surface area contributed by atoms with E-state index in [1.54, 1.807) is 18.2 Å². The Hall–Kier alpha value is -2.61. The van der Waals surface area contributed by atoms with Crippen molar-refractivity contribution in [3.05, 3.63) is 71.6 Å². The third-order valence-corrected chi connectivity index (χ3v) is 4.22. The van der Waals surface area contributed by atoms with Crippen molar-refractivity contribution < 1.29 is 13.5 Å². The topological polar surface area (TPSA) is 66.0 Å². The number of rotatable bonds is 6. The van der Waals surface area contributed by atoms with Gasteiger partial charge in [0.15, 0.2) is 5.82 Å². The van der Waals surface area contributed by atoms with Gasteiger partial charge in [-0.25, -0.2) is 13.5 Å². The Balaban J connectivity index is 1.61. The molecule has 0 spiro atoms. The predicted octanol–water partition coefficient (Wildman–Crippen LogP) is 3.14. The first-order valence-corrected chi connectivity index (χ1v) is 8.06. The second-order valence-corrected chi connectivity index (χ2v) is 5.83. The largest absolute Gasteiger partial charge is 0.486 e. The zero-order chi connectivity index (χ0) is 16.9. The number of nitrogens with two attached hydrogens (primary N) is 1. The number of aromatic nitrogens is 3. The molecule has 0 unspecified atom stereocenters. The molecule has 1 heterocycles. The molecule has 2 N–H and O–H groups in total. The maximum absolute atomic E-state index is 13.6. The summed E-state index contributed by atoms with van der Waals surface area (Å²) in [6.45, 7) is 0.0926. The van der Waals surface area contributed by atoms with Gasteiger partial charge in [-0.1, -0.05) is 30.0 Å². The molecule has 3 aromatic rings. The lowest BCUT2D eigenvalue weighted by Gasteiger charge is -2.06. The maximum atomic E-state index is 13.6. The number of ether oxygens (including phenoxy) is 1. The minimum atomic E-state index is -0.337. The molecule has 8 heteroatoms. The normalized spacial score (nSPS) is 10.8. The Kier molecular flexibility index (Phi) is 4.95. The summed E-state index contributed by atoms with van der Waals surface area (Å²) in [5.41, 5.74) is 0.564. The number of hydrogen-bond acceptors (Lipinski definition) is 5. The van der Waals surface area contributed by atoms with Crippen molar-refractivity contribution in [1.82, 2.24) is 14.9 Å². The standard InChI is InChI=1S/C16H14F2N4OS/c17-12-5-7-13(8-6-12)23-9-15-20-21-16(22(15)19)24-10-11-3-1-2-4-14(11)18/h1-8H,9-10,19H2. The average molecular weight is 348 g/mol. The van der Waals surface area contributed by atoms with Gasteiger partial charge in [0.25, 0.3) is 0 Å². The van der Waals surface area contributed by atoms with Crippen LogP contribution in [0.15, 0.2) is 53.7 Å². The zero-order valence-corrected chi connectivity index (χ0v) is 13.3. The van der Waals surface area contributed by atoms with Gasteiger partial charge in [-0.15, -0.1) is 10.2 Å². The van der Waals surface area contributed by atoms with Crippen LogP contribution in [0, 0.1) is 11.6 Å². The molecule has 24 heavy (non-hydrogen) atoms. The molecule has 0 aliphatic carbocycles. The van der Waals surface area contributed by atoms with Gasteiger partial charge in [0.05, 0.1) is 0 Å². The van der Waals surface area contributed by atoms with E-state index < -0.39 is 0 Å². The number of benzene rings is 2. The minimum Gasteiger partial charge on any atom is -0.486 e. The highest BCUT2D eigenvalue weighted by Gasteiger charge is 2.12. The molecule has 1 aromatic heterocycles. The molecule has 0 fully saturated rings. The fraction of sp³-hybridized carbons (Fsp3) is 0.125. The fourth-order valence-corrected chi connectivity index (χ4v) is 2.80. The van der Waals surface area contributed by atoms with Gasteiger partial charge in [0.1, 0.15) is 24.0 Å². The lowest BCUT2D eigenvalue weighted by atomic mass is 10.2. The Bertz CT molecular complexity index is 823. The van der Waals surface area contributed by atoms with Crippen molar-refractivity contribution >= 4 is 11.8 Å². The van der Waals surface area contributed by atoms with Crippen LogP contribution in [0.5, 0.6) is 5.75 Å². The summed E-state index contributed by atoms with van der Waals surface area (Å²) in [6, 6.07) is 12.2. The molecule has 0 aliphatic heterocycles. The molecular formula is C16H14F2N4OS. The molecule has 0 radical (unpaired) electrons. The quantitative estimate of drug-likeness (QED) is 0.548. The molecular weight excluding hydrogens is 334 g/mol. The fourth-order valence-electron chi connectivity index (χ4n) is 1.94. The Morgan fingerprint density at radius 1 is 1.04 bits per heavy atom. The first-order chi connectivity index (χ1) is 11.6. The van der Waals surface area contributed by atoms with Crippen LogP contribution in [0.1, 0.15) is 11.4 Å². The predicted molar refractivity (Wildman–Crippen MR) is 86.9 cm³/mol. The average Bonchev–Trinajstić information content (AvgIpc) is 2.94. The van der Waals surface area contributed by atoms with Crippen LogP contribution in [0.2, 0.25) is 0 Å². The third-order valence-electron chi connectivity index (χ3n) is 3.23. The van der Waals surface area contributed by atoms with Gasteiger partial charge < -0.3 is 10.6 Å². The van der Waals surface area contributed by atoms with E-state index in [1.165, 1.54) is 46.8 Å². The van der Waals surface area contributed by atoms with Crippen LogP contribution in [0.3, 0.4) is 0 Å². The summed E-state index contributed by atoms with van der Waals surface area (Å²) in [5.74, 6) is 6.63. The lowest BCUT2D eigenvalue weighted by molar-refractivity contribution is 0.291. The Morgan fingerprint density at radius 3 is 2.54 bits per heavy atom. The van der Waals surface area contributed by atoms with E-state index in [9.17, 15) is 8.78 Å². The highest BCUT2D eigenvalue weighted by atomic mass is 32.2. The van der Waals surface area contributed by atoms with Crippen molar-refractivity contribution in [3.8, 4) is 5.75 Å². The molecule has 2 aromatic carbocycles. The van der Waals surface area contributed by atoms with E-state index in [4.69, 9.17) is 10.6 Å². The maximum Gasteiger partial charge on any atom is 0.210 e. The summed E-state index contributed by atoms with van der Waals surface area (Å²) in [4.78, 5) is 0. The molecule has 0 atom stereocenters. The molecule has 0 bridgehead atoms. The SMILES string of the molecule is Nn1c(COc2ccc(F)cc2)nnc1SCc1ccccc1F. The van der Waals surface area contributed by atoms with Crippen molar-refractivity contribution in [2.75, 3.05) is 5.84 Å². The molecule has 0 saturated heterocycles. The van der Waals surface area contributed by atoms with Crippen LogP contribution in [-0.2, 0) is 12.4 Å². The molecule has 124 valence electrons. The van der Waals surface area contributed by atoms with E-state index in [1.807, 2.05) is 0 Å². The van der Waals surface area contributed by atoms with Gasteiger partial charge >= 0.3 is 0 Å². The van der Waals surface area contributed by atoms with Gasteiger partial charge in [-0.3, -0.25) is 0 Å². The first-order valence-electron chi connectivity index (χ1n) is 7.07. The summed E-state index contributed by atoms with van der Waals surface area (Å²) in [5, 5.41) is 8.39. The van der Waals surface area contributed by atoms with E-state index in [2.05, 4.69) is 10.2 Å². The number of nitrogens with zero attached hydrogens (tertiary/aromatic N) is 3. The molecule has 3 rings (SSSR count). The molecule has 5 nitrogen and oxygen atoms in total. The minimum absolute atomic E-state index is 0.0926. The number of hydrogen-bond donors (Lipinski definition) is 1. The molecule has 0 aliphatic rings. The molecule has 0 amide bonds.